The van der Waals surface area contributed by atoms with E-state index in [1.807, 2.05) is 31.9 Å². The average Bonchev–Trinajstić information content (AvgIpc) is 2.66. The molecule has 2 aliphatic heterocycles. The summed E-state index contributed by atoms with van der Waals surface area (Å²) < 4.78 is 5.35. The van der Waals surface area contributed by atoms with Gasteiger partial charge in [0.05, 0.1) is 6.04 Å². The second kappa shape index (κ2) is 4.68. The molecule has 0 aromatic heterocycles. The van der Waals surface area contributed by atoms with Gasteiger partial charge in [0.25, 0.3) is 0 Å². The van der Waals surface area contributed by atoms with E-state index >= 15 is 0 Å². The fourth-order valence-corrected chi connectivity index (χ4v) is 2.58. The van der Waals surface area contributed by atoms with Gasteiger partial charge in [0.2, 0.25) is 0 Å². The van der Waals surface area contributed by atoms with Gasteiger partial charge in [-0.25, -0.2) is 4.79 Å². The van der Waals surface area contributed by atoms with Gasteiger partial charge in [0, 0.05) is 19.6 Å². The van der Waals surface area contributed by atoms with Crippen molar-refractivity contribution in [3.05, 3.63) is 12.3 Å². The third-order valence-corrected chi connectivity index (χ3v) is 3.84. The number of hydrogen-bond acceptors (Lipinski definition) is 4. The topological polar surface area (TPSA) is 70.1 Å². The number of ether oxygens (including phenoxy) is 1. The van der Waals surface area contributed by atoms with E-state index in [-0.39, 0.29) is 12.1 Å². The average molecular weight is 282 g/mol. The molecule has 1 N–H and O–H groups in total. The maximum Gasteiger partial charge on any atom is 0.410 e. The Labute approximate surface area is 119 Å². The maximum atomic E-state index is 12.1. The van der Waals surface area contributed by atoms with Crippen LogP contribution in [0.4, 0.5) is 4.79 Å². The molecule has 0 aromatic rings. The minimum Gasteiger partial charge on any atom is -0.481 e. The van der Waals surface area contributed by atoms with Crippen LogP contribution in [0, 0.1) is 5.41 Å². The molecule has 0 saturated carbocycles. The Bertz CT molecular complexity index is 455. The van der Waals surface area contributed by atoms with Crippen LogP contribution in [0.5, 0.6) is 0 Å². The fourth-order valence-electron chi connectivity index (χ4n) is 2.58. The molecule has 2 unspecified atom stereocenters. The monoisotopic (exact) mass is 282 g/mol. The number of amides is 1. The van der Waals surface area contributed by atoms with Crippen LogP contribution in [0.2, 0.25) is 0 Å². The smallest absolute Gasteiger partial charge is 0.410 e. The maximum absolute atomic E-state index is 12.1. The highest BCUT2D eigenvalue weighted by atomic mass is 16.6. The van der Waals surface area contributed by atoms with E-state index < -0.39 is 17.0 Å². The Morgan fingerprint density at radius 3 is 2.55 bits per heavy atom. The standard InChI is InChI=1S/C14H22N2O4/c1-13(2,3)20-12(19)16-8-7-15-6-5-14(4,11(17)18)10(15)9-16/h5-6,10H,7-9H2,1-4H3,(H,17,18). The number of piperazine rings is 1. The van der Waals surface area contributed by atoms with E-state index in [0.29, 0.717) is 19.6 Å². The summed E-state index contributed by atoms with van der Waals surface area (Å²) in [7, 11) is 0. The zero-order valence-corrected chi connectivity index (χ0v) is 12.4. The molecular formula is C14H22N2O4. The first-order valence-electron chi connectivity index (χ1n) is 6.80. The van der Waals surface area contributed by atoms with Crippen LogP contribution in [0.1, 0.15) is 27.7 Å². The van der Waals surface area contributed by atoms with Gasteiger partial charge < -0.3 is 19.6 Å². The van der Waals surface area contributed by atoms with Gasteiger partial charge >= 0.3 is 12.1 Å². The molecule has 0 aromatic carbocycles. The summed E-state index contributed by atoms with van der Waals surface area (Å²) in [6.45, 7) is 8.69. The van der Waals surface area contributed by atoms with Gasteiger partial charge in [0.15, 0.2) is 0 Å². The van der Waals surface area contributed by atoms with E-state index in [1.54, 1.807) is 17.9 Å². The molecule has 2 atom stereocenters. The lowest BCUT2D eigenvalue weighted by Crippen LogP contribution is -2.58. The summed E-state index contributed by atoms with van der Waals surface area (Å²) in [4.78, 5) is 27.2. The molecule has 0 spiro atoms. The third kappa shape index (κ3) is 2.59. The Morgan fingerprint density at radius 1 is 1.35 bits per heavy atom. The number of rotatable bonds is 1. The van der Waals surface area contributed by atoms with E-state index in [4.69, 9.17) is 4.74 Å². The van der Waals surface area contributed by atoms with Gasteiger partial charge in [-0.2, -0.15) is 0 Å². The van der Waals surface area contributed by atoms with Gasteiger partial charge in [-0.3, -0.25) is 4.79 Å². The summed E-state index contributed by atoms with van der Waals surface area (Å²) in [5.74, 6) is -0.868. The normalized spacial score (nSPS) is 29.3. The number of carboxylic acids is 1. The minimum atomic E-state index is -0.958. The lowest BCUT2D eigenvalue weighted by atomic mass is 9.83. The van der Waals surface area contributed by atoms with E-state index in [9.17, 15) is 14.7 Å². The number of carboxylic acid groups (broad SMARTS) is 1. The lowest BCUT2D eigenvalue weighted by Gasteiger charge is -2.42. The van der Waals surface area contributed by atoms with Crippen LogP contribution in [-0.2, 0) is 9.53 Å². The molecule has 2 heterocycles. The van der Waals surface area contributed by atoms with Crippen LogP contribution in [0.3, 0.4) is 0 Å². The number of hydrogen-bond donors (Lipinski definition) is 1. The van der Waals surface area contributed by atoms with Crippen molar-refractivity contribution in [2.24, 2.45) is 5.41 Å². The second-order valence-corrected chi connectivity index (χ2v) is 6.58. The molecule has 2 rings (SSSR count). The van der Waals surface area contributed by atoms with Crippen molar-refractivity contribution in [2.75, 3.05) is 19.6 Å². The van der Waals surface area contributed by atoms with E-state index in [2.05, 4.69) is 0 Å². The number of fused-ring (bicyclic) bond motifs is 1. The lowest BCUT2D eigenvalue weighted by molar-refractivity contribution is -0.148. The van der Waals surface area contributed by atoms with Crippen LogP contribution in [-0.4, -0.2) is 58.2 Å². The number of carbonyl (C=O) groups is 2. The van der Waals surface area contributed by atoms with E-state index in [0.717, 1.165) is 0 Å². The van der Waals surface area contributed by atoms with Crippen molar-refractivity contribution in [2.45, 2.75) is 39.3 Å². The molecule has 1 saturated heterocycles. The highest BCUT2D eigenvalue weighted by molar-refractivity contribution is 5.79. The van der Waals surface area contributed by atoms with Gasteiger partial charge in [-0.15, -0.1) is 0 Å². The highest BCUT2D eigenvalue weighted by Gasteiger charge is 2.49. The molecule has 6 heteroatoms. The third-order valence-electron chi connectivity index (χ3n) is 3.84. The first-order chi connectivity index (χ1) is 9.13. The molecule has 20 heavy (non-hydrogen) atoms. The summed E-state index contributed by atoms with van der Waals surface area (Å²) in [5, 5.41) is 9.41. The molecule has 112 valence electrons. The van der Waals surface area contributed by atoms with Crippen molar-refractivity contribution in [1.82, 2.24) is 9.80 Å². The predicted molar refractivity (Wildman–Crippen MR) is 73.2 cm³/mol. The van der Waals surface area contributed by atoms with Crippen molar-refractivity contribution in [3.63, 3.8) is 0 Å². The van der Waals surface area contributed by atoms with Gasteiger partial charge in [0.1, 0.15) is 11.0 Å². The quantitative estimate of drug-likeness (QED) is 0.789. The summed E-state index contributed by atoms with van der Waals surface area (Å²) in [6, 6.07) is -0.235. The van der Waals surface area contributed by atoms with Crippen LogP contribution in [0.15, 0.2) is 12.3 Å². The summed E-state index contributed by atoms with van der Waals surface area (Å²) in [5.41, 5.74) is -1.50. The van der Waals surface area contributed by atoms with E-state index in [1.165, 1.54) is 0 Å². The van der Waals surface area contributed by atoms with Crippen molar-refractivity contribution in [3.8, 4) is 0 Å². The van der Waals surface area contributed by atoms with Crippen LogP contribution < -0.4 is 0 Å². The zero-order valence-electron chi connectivity index (χ0n) is 12.4. The molecule has 6 nitrogen and oxygen atoms in total. The molecule has 0 aliphatic carbocycles. The number of nitrogens with zero attached hydrogens (tertiary/aromatic N) is 2. The predicted octanol–water partition coefficient (Wildman–Crippen LogP) is 1.53. The second-order valence-electron chi connectivity index (χ2n) is 6.58. The molecule has 0 bridgehead atoms. The molecule has 0 radical (unpaired) electrons. The Balaban J connectivity index is 2.09. The van der Waals surface area contributed by atoms with Gasteiger partial charge in [-0.05, 0) is 40.0 Å². The molecule has 1 fully saturated rings. The molecule has 1 amide bonds. The van der Waals surface area contributed by atoms with Crippen LogP contribution >= 0.6 is 0 Å². The Kier molecular flexibility index (Phi) is 3.44. The first-order valence-corrected chi connectivity index (χ1v) is 6.80. The summed E-state index contributed by atoms with van der Waals surface area (Å²) in [6.07, 6.45) is 3.15. The highest BCUT2D eigenvalue weighted by Crippen LogP contribution is 2.36. The first kappa shape index (κ1) is 14.7. The number of carbonyl (C=O) groups excluding carboxylic acids is 1. The largest absolute Gasteiger partial charge is 0.481 e. The van der Waals surface area contributed by atoms with Gasteiger partial charge in [-0.1, -0.05) is 0 Å². The van der Waals surface area contributed by atoms with Crippen molar-refractivity contribution < 1.29 is 19.4 Å². The Morgan fingerprint density at radius 2 is 2.00 bits per heavy atom. The van der Waals surface area contributed by atoms with Crippen molar-refractivity contribution in [1.29, 1.82) is 0 Å². The summed E-state index contributed by atoms with van der Waals surface area (Å²) >= 11 is 0. The SMILES string of the molecule is CC(C)(C)OC(=O)N1CCN2C=CC(C)(C(=O)O)C2C1. The minimum absolute atomic E-state index is 0.235. The number of aliphatic carboxylic acids is 1. The molecule has 2 aliphatic rings. The Hall–Kier alpha value is -1.72. The molecular weight excluding hydrogens is 260 g/mol. The van der Waals surface area contributed by atoms with Crippen LogP contribution in [0.25, 0.3) is 0 Å². The fraction of sp³-hybridized carbons (Fsp3) is 0.714. The zero-order chi connectivity index (χ0) is 15.1. The van der Waals surface area contributed by atoms with Crippen molar-refractivity contribution >= 4 is 12.1 Å².